The highest BCUT2D eigenvalue weighted by Crippen LogP contribution is 2.31. The van der Waals surface area contributed by atoms with Gasteiger partial charge < -0.3 is 39.1 Å². The Morgan fingerprint density at radius 1 is 0.350 bits per heavy atom. The van der Waals surface area contributed by atoms with Crippen molar-refractivity contribution in [2.24, 2.45) is 0 Å². The minimum atomic E-state index is 0.289. The second-order valence-corrected chi connectivity index (χ2v) is 18.0. The molecule has 5 heterocycles. The molecule has 8 bridgehead atoms. The Morgan fingerprint density at radius 3 is 0.983 bits per heavy atom. The first-order valence-corrected chi connectivity index (χ1v) is 20.4. The number of hydrogen-bond donors (Lipinski definition) is 6. The molecule has 0 saturated carbocycles. The molecule has 0 aliphatic carbocycles. The zero-order valence-corrected chi connectivity index (χ0v) is 35.1. The Hall–Kier alpha value is -7.00. The number of fused-ring (bicyclic) bond motifs is 8. The van der Waals surface area contributed by atoms with Gasteiger partial charge in [0.25, 0.3) is 0 Å². The lowest BCUT2D eigenvalue weighted by molar-refractivity contribution is -0.884. The van der Waals surface area contributed by atoms with E-state index in [2.05, 4.69) is 171 Å². The number of phenols is 2. The number of benzene rings is 4. The number of nitrogens with one attached hydrogen (secondary N) is 4. The Balaban J connectivity index is 1.39. The van der Waals surface area contributed by atoms with E-state index in [-0.39, 0.29) is 11.5 Å². The van der Waals surface area contributed by atoms with Crippen LogP contribution in [0.5, 0.6) is 11.5 Å². The molecule has 1 aliphatic heterocycles. The third-order valence-electron chi connectivity index (χ3n) is 11.0. The topological polar surface area (TPSA) is 104 Å². The fourth-order valence-electron chi connectivity index (χ4n) is 8.54. The predicted molar refractivity (Wildman–Crippen MR) is 241 cm³/mol. The molecule has 60 heavy (non-hydrogen) atoms. The van der Waals surface area contributed by atoms with Gasteiger partial charge in [-0.25, -0.2) is 0 Å². The molecule has 0 saturated heterocycles. The minimum Gasteiger partial charge on any atom is -0.507 e. The van der Waals surface area contributed by atoms with Gasteiger partial charge in [0, 0.05) is 77.6 Å². The van der Waals surface area contributed by atoms with Crippen LogP contribution in [0, 0.1) is 0 Å². The van der Waals surface area contributed by atoms with Crippen molar-refractivity contribution < 1.29 is 19.2 Å². The van der Waals surface area contributed by atoms with Gasteiger partial charge in [-0.2, -0.15) is 0 Å². The van der Waals surface area contributed by atoms with Crippen LogP contribution in [-0.4, -0.2) is 81.4 Å². The number of quaternary nitrogens is 2. The molecular formula is C52H52N6O2+2. The summed E-state index contributed by atoms with van der Waals surface area (Å²) in [5, 5.41) is 25.9. The molecular weight excluding hydrogens is 741 g/mol. The molecule has 0 fully saturated rings. The zero-order valence-electron chi connectivity index (χ0n) is 35.1. The fourth-order valence-corrected chi connectivity index (χ4v) is 8.54. The molecule has 8 heteroatoms. The highest BCUT2D eigenvalue weighted by molar-refractivity contribution is 5.85. The number of rotatable bonds is 8. The molecule has 1 aliphatic rings. The first-order valence-electron chi connectivity index (χ1n) is 20.4. The molecule has 8 aromatic rings. The standard InChI is InChI=1S/C52H50N6O2/c1-57(2,3)31-37-29-35(17-27-47(37)59)51-43-23-19-39(53-43)49(33-13-9-7-10-14-33)41-21-25-45(55-41)52(36-18-28-48(60)38(30-36)32-58(4,5)6)46-26-22-42(56-46)50(34-15-11-8-12-16-34)40-20-24-44(51)54-40/h7-30,53-56H,31-32H2,1-6H3/p+2. The minimum absolute atomic E-state index is 0.289. The van der Waals surface area contributed by atoms with Crippen molar-refractivity contribution in [3.63, 3.8) is 0 Å². The summed E-state index contributed by atoms with van der Waals surface area (Å²) in [6.45, 7) is 1.34. The summed E-state index contributed by atoms with van der Waals surface area (Å²) in [5.74, 6) is 0.579. The van der Waals surface area contributed by atoms with Crippen molar-refractivity contribution in [3.05, 3.63) is 223 Å². The molecule has 300 valence electrons. The van der Waals surface area contributed by atoms with Crippen LogP contribution in [0.2, 0.25) is 0 Å². The van der Waals surface area contributed by atoms with Crippen LogP contribution in [0.15, 0.2) is 146 Å². The summed E-state index contributed by atoms with van der Waals surface area (Å²) in [4.78, 5) is 15.5. The van der Waals surface area contributed by atoms with E-state index in [0.717, 1.165) is 99.8 Å². The second kappa shape index (κ2) is 15.0. The molecule has 4 aromatic heterocycles. The maximum absolute atomic E-state index is 11.1. The molecule has 0 unspecified atom stereocenters. The number of H-pyrrole nitrogens is 4. The largest absolute Gasteiger partial charge is 0.507 e. The average Bonchev–Trinajstić information content (AvgIpc) is 4.05. The van der Waals surface area contributed by atoms with Crippen LogP contribution in [0.4, 0.5) is 0 Å². The van der Waals surface area contributed by atoms with E-state index in [0.29, 0.717) is 22.1 Å². The predicted octanol–water partition coefficient (Wildman–Crippen LogP) is 6.13. The lowest BCUT2D eigenvalue weighted by atomic mass is 9.99. The summed E-state index contributed by atoms with van der Waals surface area (Å²) >= 11 is 0. The molecule has 4 aromatic carbocycles. The van der Waals surface area contributed by atoms with Crippen molar-refractivity contribution in [2.75, 3.05) is 42.3 Å². The van der Waals surface area contributed by atoms with Gasteiger partial charge in [-0.1, -0.05) is 72.8 Å². The van der Waals surface area contributed by atoms with Crippen LogP contribution in [0.25, 0.3) is 22.3 Å². The van der Waals surface area contributed by atoms with Crippen molar-refractivity contribution in [3.8, 4) is 11.5 Å². The Morgan fingerprint density at radius 2 is 0.667 bits per heavy atom. The number of phenolic OH excluding ortho intramolecular Hbond substituents is 2. The van der Waals surface area contributed by atoms with Crippen LogP contribution >= 0.6 is 0 Å². The van der Waals surface area contributed by atoms with Crippen molar-refractivity contribution in [1.29, 1.82) is 0 Å². The molecule has 0 spiro atoms. The van der Waals surface area contributed by atoms with Gasteiger partial charge in [-0.05, 0) is 95.1 Å². The van der Waals surface area contributed by atoms with Gasteiger partial charge in [0.05, 0.1) is 42.3 Å². The highest BCUT2D eigenvalue weighted by Gasteiger charge is 2.21. The number of hydrogen-bond acceptors (Lipinski definition) is 2. The van der Waals surface area contributed by atoms with E-state index in [1.54, 1.807) is 0 Å². The Labute approximate surface area is 350 Å². The molecule has 9 rings (SSSR count). The van der Waals surface area contributed by atoms with Gasteiger partial charge in [-0.15, -0.1) is 0 Å². The average molecular weight is 793 g/mol. The van der Waals surface area contributed by atoms with E-state index in [4.69, 9.17) is 0 Å². The molecule has 6 N–H and O–H groups in total. The van der Waals surface area contributed by atoms with Gasteiger partial charge >= 0.3 is 0 Å². The summed E-state index contributed by atoms with van der Waals surface area (Å²) < 4.78 is 1.35. The smallest absolute Gasteiger partial charge is 0.124 e. The third kappa shape index (κ3) is 7.66. The second-order valence-electron chi connectivity index (χ2n) is 18.0. The first-order chi connectivity index (χ1) is 28.8. The number of nitrogens with zero attached hydrogens (tertiary/aromatic N) is 2. The lowest BCUT2D eigenvalue weighted by Gasteiger charge is -2.24. The molecule has 8 nitrogen and oxygen atoms in total. The van der Waals surface area contributed by atoms with Crippen molar-refractivity contribution in [2.45, 2.75) is 13.1 Å². The Kier molecular flexibility index (Phi) is 9.62. The summed E-state index contributed by atoms with van der Waals surface area (Å²) in [6.07, 6.45) is 0. The van der Waals surface area contributed by atoms with Crippen molar-refractivity contribution in [1.82, 2.24) is 19.9 Å². The summed E-state index contributed by atoms with van der Waals surface area (Å²) in [7, 11) is 12.8. The summed E-state index contributed by atoms with van der Waals surface area (Å²) in [5.41, 5.74) is 13.7. The number of aromatic hydroxyl groups is 2. The number of aromatic amines is 4. The van der Waals surface area contributed by atoms with Crippen LogP contribution in [0.3, 0.4) is 0 Å². The van der Waals surface area contributed by atoms with Gasteiger partial charge in [-0.3, -0.25) is 0 Å². The fraction of sp³-hybridized carbons (Fsp3) is 0.154. The van der Waals surface area contributed by atoms with E-state index >= 15 is 0 Å². The Bertz CT molecular complexity index is 2920. The van der Waals surface area contributed by atoms with E-state index < -0.39 is 0 Å². The van der Waals surface area contributed by atoms with E-state index in [1.165, 1.54) is 0 Å². The van der Waals surface area contributed by atoms with Gasteiger partial charge in [0.2, 0.25) is 0 Å². The lowest BCUT2D eigenvalue weighted by Crippen LogP contribution is -2.33. The quantitative estimate of drug-likeness (QED) is 0.105. The molecule has 0 amide bonds. The first kappa shape index (κ1) is 38.5. The zero-order chi connectivity index (χ0) is 41.8. The van der Waals surface area contributed by atoms with Crippen LogP contribution in [-0.2, 0) is 13.1 Å². The van der Waals surface area contributed by atoms with Gasteiger partial charge in [0.1, 0.15) is 24.6 Å². The van der Waals surface area contributed by atoms with Gasteiger partial charge in [0.15, 0.2) is 0 Å². The maximum Gasteiger partial charge on any atom is 0.124 e. The highest BCUT2D eigenvalue weighted by atomic mass is 16.3. The van der Waals surface area contributed by atoms with Crippen LogP contribution < -0.4 is 21.4 Å². The number of aromatic nitrogens is 4. The molecule has 0 atom stereocenters. The third-order valence-corrected chi connectivity index (χ3v) is 11.0. The summed E-state index contributed by atoms with van der Waals surface area (Å²) in [6, 6.07) is 50.1. The monoisotopic (exact) mass is 792 g/mol. The molecule has 0 radical (unpaired) electrons. The SMILES string of the molecule is C[N+](C)(C)Cc1cc(C2=c3ccc([nH]3)=C(c3ccccc3)c3ccc([nH]3)C(c3ccc(O)c(C[N+](C)(C)C)c3)=c3ccc([nH]3)=C(c3ccccc3)c3ccc2[nH]3)ccc1O. The van der Waals surface area contributed by atoms with E-state index in [1.807, 2.05) is 36.4 Å². The normalized spacial score (nSPS) is 13.3. The van der Waals surface area contributed by atoms with E-state index in [9.17, 15) is 10.2 Å². The maximum atomic E-state index is 11.1. The van der Waals surface area contributed by atoms with Crippen molar-refractivity contribution >= 4 is 22.3 Å². The van der Waals surface area contributed by atoms with Crippen LogP contribution in [0.1, 0.15) is 56.2 Å².